The van der Waals surface area contributed by atoms with Crippen molar-refractivity contribution in [1.82, 2.24) is 24.6 Å². The molecule has 3 heterocycles. The Bertz CT molecular complexity index is 1890. The Labute approximate surface area is 294 Å². The maximum Gasteiger partial charge on any atom is 0.410 e. The number of carbonyl (C=O) groups is 2. The van der Waals surface area contributed by atoms with Crippen LogP contribution in [0, 0.1) is 5.82 Å². The first-order valence-electron chi connectivity index (χ1n) is 17.0. The number of methoxy groups -OCH3 is 1. The van der Waals surface area contributed by atoms with Crippen molar-refractivity contribution >= 4 is 53.5 Å². The van der Waals surface area contributed by atoms with E-state index in [1.165, 1.54) is 13.2 Å². The number of fused-ring (bicyclic) bond motifs is 2. The van der Waals surface area contributed by atoms with Crippen molar-refractivity contribution in [2.24, 2.45) is 0 Å². The molecule has 2 atom stereocenters. The van der Waals surface area contributed by atoms with Crippen molar-refractivity contribution in [3.05, 3.63) is 48.0 Å². The van der Waals surface area contributed by atoms with Crippen LogP contribution in [0.25, 0.3) is 21.8 Å². The molecule has 270 valence electrons. The van der Waals surface area contributed by atoms with Crippen LogP contribution in [-0.4, -0.2) is 89.5 Å². The summed E-state index contributed by atoms with van der Waals surface area (Å²) < 4.78 is 34.2. The van der Waals surface area contributed by atoms with Crippen LogP contribution in [-0.2, 0) is 15.7 Å². The molecule has 1 saturated heterocycles. The van der Waals surface area contributed by atoms with Gasteiger partial charge in [0.1, 0.15) is 11.1 Å². The number of ether oxygens (including phenoxy) is 2. The fourth-order valence-electron chi connectivity index (χ4n) is 5.98. The Morgan fingerprint density at radius 2 is 1.72 bits per heavy atom. The molecule has 0 saturated carbocycles. The lowest BCUT2D eigenvalue weighted by Crippen LogP contribution is -2.59. The van der Waals surface area contributed by atoms with E-state index >= 15 is 4.39 Å². The SMILES string of the molecule is COc1ncc2c(N3C[C@@H](C)N(C(=O)OC(C)(C)C)[C@@H](C)C3)ccc(C(=O)Nc3cc(F)c4nn(CCO[Si](C)(C)C(C)(C)C)cc4c3)c2n1. The number of halogens is 1. The van der Waals surface area contributed by atoms with Gasteiger partial charge in [-0.2, -0.15) is 10.1 Å². The van der Waals surface area contributed by atoms with Gasteiger partial charge in [-0.25, -0.2) is 14.2 Å². The predicted octanol–water partition coefficient (Wildman–Crippen LogP) is 7.24. The molecule has 1 aliphatic heterocycles. The Kier molecular flexibility index (Phi) is 10.2. The molecule has 5 rings (SSSR count). The fraction of sp³-hybridized carbons (Fsp3) is 0.528. The van der Waals surface area contributed by atoms with Gasteiger partial charge in [0.2, 0.25) is 0 Å². The highest BCUT2D eigenvalue weighted by Gasteiger charge is 2.38. The summed E-state index contributed by atoms with van der Waals surface area (Å²) in [5.74, 6) is -1.01. The van der Waals surface area contributed by atoms with E-state index in [4.69, 9.17) is 13.9 Å². The molecule has 0 spiro atoms. The second-order valence-electron chi connectivity index (χ2n) is 15.6. The van der Waals surface area contributed by atoms with Gasteiger partial charge in [-0.15, -0.1) is 0 Å². The van der Waals surface area contributed by atoms with Gasteiger partial charge >= 0.3 is 12.1 Å². The van der Waals surface area contributed by atoms with Crippen LogP contribution in [0.3, 0.4) is 0 Å². The second kappa shape index (κ2) is 13.8. The van der Waals surface area contributed by atoms with E-state index in [-0.39, 0.29) is 46.0 Å². The highest BCUT2D eigenvalue weighted by Crippen LogP contribution is 2.37. The monoisotopic (exact) mass is 707 g/mol. The first-order chi connectivity index (χ1) is 23.3. The highest BCUT2D eigenvalue weighted by molar-refractivity contribution is 6.74. The minimum Gasteiger partial charge on any atom is -0.467 e. The third-order valence-corrected chi connectivity index (χ3v) is 14.0. The smallest absolute Gasteiger partial charge is 0.410 e. The van der Waals surface area contributed by atoms with Gasteiger partial charge in [0, 0.05) is 47.6 Å². The number of piperazine rings is 1. The van der Waals surface area contributed by atoms with Gasteiger partial charge in [-0.05, 0) is 77.0 Å². The van der Waals surface area contributed by atoms with Crippen LogP contribution >= 0.6 is 0 Å². The quantitative estimate of drug-likeness (QED) is 0.189. The zero-order valence-corrected chi connectivity index (χ0v) is 32.0. The number of hydrogen-bond acceptors (Lipinski definition) is 9. The van der Waals surface area contributed by atoms with Crippen molar-refractivity contribution in [3.63, 3.8) is 0 Å². The Balaban J connectivity index is 1.38. The number of hydrogen-bond donors (Lipinski definition) is 1. The molecule has 2 aromatic heterocycles. The van der Waals surface area contributed by atoms with Crippen LogP contribution in [0.15, 0.2) is 36.7 Å². The molecular formula is C36H50FN7O5Si. The van der Waals surface area contributed by atoms with Gasteiger partial charge in [0.05, 0.1) is 43.4 Å². The summed E-state index contributed by atoms with van der Waals surface area (Å²) in [6, 6.07) is 6.34. The minimum atomic E-state index is -1.93. The maximum atomic E-state index is 15.3. The van der Waals surface area contributed by atoms with E-state index in [9.17, 15) is 9.59 Å². The Morgan fingerprint density at radius 1 is 1.04 bits per heavy atom. The standard InChI is InChI=1S/C36H50FN7O5Si/c1-22-19-42(20-23(2)44(22)34(46)49-35(3,4)5)29-13-12-26(31-27(29)18-38-33(40-31)47-9)32(45)39-25-16-24-21-43(41-30(24)28(37)17-25)14-15-48-50(10,11)36(6,7)8/h12-13,16-18,21-23H,14-15,19-20H2,1-11H3,(H,39,45)/t22-,23+. The van der Waals surface area contributed by atoms with Crippen LogP contribution in [0.2, 0.25) is 18.1 Å². The number of benzene rings is 2. The first kappa shape index (κ1) is 37.0. The van der Waals surface area contributed by atoms with Crippen LogP contribution in [0.5, 0.6) is 6.01 Å². The lowest BCUT2D eigenvalue weighted by molar-refractivity contribution is 0.00566. The van der Waals surface area contributed by atoms with Gasteiger partial charge in [-0.1, -0.05) is 20.8 Å². The summed E-state index contributed by atoms with van der Waals surface area (Å²) in [7, 11) is -0.469. The molecule has 12 nitrogen and oxygen atoms in total. The molecule has 0 unspecified atom stereocenters. The van der Waals surface area contributed by atoms with Gasteiger partial charge in [0.25, 0.3) is 5.91 Å². The van der Waals surface area contributed by atoms with Gasteiger partial charge in [0.15, 0.2) is 14.1 Å². The molecule has 1 aliphatic rings. The summed E-state index contributed by atoms with van der Waals surface area (Å²) in [6.07, 6.45) is 3.05. The molecule has 1 N–H and O–H groups in total. The summed E-state index contributed by atoms with van der Waals surface area (Å²) in [5.41, 5.74) is 1.39. The van der Waals surface area contributed by atoms with Crippen molar-refractivity contribution in [3.8, 4) is 6.01 Å². The van der Waals surface area contributed by atoms with Crippen LogP contribution < -0.4 is 15.0 Å². The van der Waals surface area contributed by atoms with E-state index in [1.807, 2.05) is 40.7 Å². The summed E-state index contributed by atoms with van der Waals surface area (Å²) >= 11 is 0. The molecule has 50 heavy (non-hydrogen) atoms. The maximum absolute atomic E-state index is 15.3. The van der Waals surface area contributed by atoms with Crippen molar-refractivity contribution in [2.45, 2.75) is 97.8 Å². The van der Waals surface area contributed by atoms with Gasteiger partial charge < -0.3 is 24.1 Å². The summed E-state index contributed by atoms with van der Waals surface area (Å²) in [4.78, 5) is 39.6. The number of amides is 2. The molecule has 14 heteroatoms. The Hall–Kier alpha value is -4.30. The zero-order chi connectivity index (χ0) is 36.8. The molecule has 4 aromatic rings. The lowest BCUT2D eigenvalue weighted by atomic mass is 10.0. The van der Waals surface area contributed by atoms with E-state index in [2.05, 4.69) is 59.1 Å². The van der Waals surface area contributed by atoms with Crippen LogP contribution in [0.4, 0.5) is 20.6 Å². The molecule has 2 amide bonds. The molecule has 1 fully saturated rings. The number of nitrogens with zero attached hydrogens (tertiary/aromatic N) is 6. The molecule has 0 aliphatic carbocycles. The number of anilines is 2. The Morgan fingerprint density at radius 3 is 2.34 bits per heavy atom. The van der Waals surface area contributed by atoms with Crippen molar-refractivity contribution in [1.29, 1.82) is 0 Å². The van der Waals surface area contributed by atoms with E-state index in [0.29, 0.717) is 42.5 Å². The largest absolute Gasteiger partial charge is 0.467 e. The number of rotatable bonds is 8. The first-order valence-corrected chi connectivity index (χ1v) is 19.9. The molecule has 2 aromatic carbocycles. The third-order valence-electron chi connectivity index (χ3n) is 9.45. The van der Waals surface area contributed by atoms with E-state index in [0.717, 1.165) is 5.69 Å². The normalized spacial score (nSPS) is 17.4. The lowest BCUT2D eigenvalue weighted by Gasteiger charge is -2.45. The van der Waals surface area contributed by atoms with E-state index in [1.54, 1.807) is 34.1 Å². The molecular weight excluding hydrogens is 658 g/mol. The molecule has 0 radical (unpaired) electrons. The summed E-state index contributed by atoms with van der Waals surface area (Å²) in [5, 5.41) is 8.57. The summed E-state index contributed by atoms with van der Waals surface area (Å²) in [6.45, 7) is 22.5. The van der Waals surface area contributed by atoms with E-state index < -0.39 is 25.6 Å². The van der Waals surface area contributed by atoms with Gasteiger partial charge in [-0.3, -0.25) is 14.4 Å². The van der Waals surface area contributed by atoms with Crippen LogP contribution in [0.1, 0.15) is 65.7 Å². The predicted molar refractivity (Wildman–Crippen MR) is 196 cm³/mol. The number of aromatic nitrogens is 4. The zero-order valence-electron chi connectivity index (χ0n) is 31.0. The van der Waals surface area contributed by atoms with Crippen molar-refractivity contribution < 1.29 is 27.9 Å². The average Bonchev–Trinajstić information content (AvgIpc) is 3.41. The second-order valence-corrected chi connectivity index (χ2v) is 20.4. The highest BCUT2D eigenvalue weighted by atomic mass is 28.4. The van der Waals surface area contributed by atoms with Crippen molar-refractivity contribution in [2.75, 3.05) is 37.0 Å². The molecule has 0 bridgehead atoms. The topological polar surface area (TPSA) is 124 Å². The third kappa shape index (κ3) is 7.86. The minimum absolute atomic E-state index is 0.0831. The fourth-order valence-corrected chi connectivity index (χ4v) is 7.01. The average molecular weight is 708 g/mol. The number of nitrogens with one attached hydrogen (secondary N) is 1. The number of carbonyl (C=O) groups excluding carboxylic acids is 2.